The molecule has 3 rings (SSSR count). The molecule has 1 N–H and O–H groups in total. The summed E-state index contributed by atoms with van der Waals surface area (Å²) in [6.07, 6.45) is 0. The Hall–Kier alpha value is -2.97. The summed E-state index contributed by atoms with van der Waals surface area (Å²) < 4.78 is 26.8. The van der Waals surface area contributed by atoms with Gasteiger partial charge in [0, 0.05) is 23.2 Å². The molecular formula is C25H26ClF2N3O2S. The highest BCUT2D eigenvalue weighted by Gasteiger charge is 2.25. The molecule has 0 fully saturated rings. The van der Waals surface area contributed by atoms with Gasteiger partial charge in [0.25, 0.3) is 0 Å². The number of nitrogens with zero attached hydrogens (tertiary/aromatic N) is 2. The molecule has 0 radical (unpaired) electrons. The Morgan fingerprint density at radius 3 is 2.35 bits per heavy atom. The molecule has 1 aromatic heterocycles. The predicted molar refractivity (Wildman–Crippen MR) is 132 cm³/mol. The van der Waals surface area contributed by atoms with Crippen molar-refractivity contribution >= 4 is 40.6 Å². The molecular weight excluding hydrogens is 480 g/mol. The molecule has 0 aliphatic rings. The molecule has 34 heavy (non-hydrogen) atoms. The number of benzene rings is 2. The molecule has 9 heteroatoms. The van der Waals surface area contributed by atoms with Crippen LogP contribution in [0.3, 0.4) is 0 Å². The topological polar surface area (TPSA) is 52.7 Å². The SMILES string of the molecule is Cc1ccsc1CN(Cc1ccc(F)cc1)C(=O)CN(C(=O)Nc1ccc(F)c(Cl)c1)C(C)C. The van der Waals surface area contributed by atoms with Crippen LogP contribution in [-0.4, -0.2) is 34.3 Å². The minimum absolute atomic E-state index is 0.109. The summed E-state index contributed by atoms with van der Waals surface area (Å²) in [6, 6.07) is 11.1. The minimum Gasteiger partial charge on any atom is -0.332 e. The first-order valence-corrected chi connectivity index (χ1v) is 12.0. The van der Waals surface area contributed by atoms with E-state index < -0.39 is 11.8 Å². The van der Waals surface area contributed by atoms with Crippen molar-refractivity contribution in [3.8, 4) is 0 Å². The lowest BCUT2D eigenvalue weighted by molar-refractivity contribution is -0.133. The summed E-state index contributed by atoms with van der Waals surface area (Å²) >= 11 is 7.36. The summed E-state index contributed by atoms with van der Waals surface area (Å²) in [4.78, 5) is 30.4. The van der Waals surface area contributed by atoms with Crippen LogP contribution in [0.25, 0.3) is 0 Å². The number of amides is 3. The van der Waals surface area contributed by atoms with Crippen molar-refractivity contribution in [2.75, 3.05) is 11.9 Å². The molecule has 5 nitrogen and oxygen atoms in total. The van der Waals surface area contributed by atoms with Crippen LogP contribution in [0, 0.1) is 18.6 Å². The van der Waals surface area contributed by atoms with Gasteiger partial charge in [-0.3, -0.25) is 4.79 Å². The molecule has 0 atom stereocenters. The summed E-state index contributed by atoms with van der Waals surface area (Å²) in [5.41, 5.74) is 2.19. The van der Waals surface area contributed by atoms with Crippen molar-refractivity contribution < 1.29 is 18.4 Å². The van der Waals surface area contributed by atoms with Crippen LogP contribution in [0.4, 0.5) is 19.3 Å². The molecule has 0 spiro atoms. The first-order chi connectivity index (χ1) is 16.1. The molecule has 0 unspecified atom stereocenters. The average molecular weight is 506 g/mol. The maximum Gasteiger partial charge on any atom is 0.322 e. The third-order valence-corrected chi connectivity index (χ3v) is 6.60. The quantitative estimate of drug-likeness (QED) is 0.382. The number of aryl methyl sites for hydroxylation is 1. The fraction of sp³-hybridized carbons (Fsp3) is 0.280. The van der Waals surface area contributed by atoms with Gasteiger partial charge in [-0.2, -0.15) is 0 Å². The van der Waals surface area contributed by atoms with Crippen LogP contribution in [0.2, 0.25) is 5.02 Å². The van der Waals surface area contributed by atoms with Gasteiger partial charge in [0.15, 0.2) is 0 Å². The van der Waals surface area contributed by atoms with Crippen LogP contribution in [0.5, 0.6) is 0 Å². The van der Waals surface area contributed by atoms with E-state index in [0.29, 0.717) is 12.2 Å². The van der Waals surface area contributed by atoms with E-state index in [1.807, 2.05) is 18.4 Å². The van der Waals surface area contributed by atoms with Gasteiger partial charge in [0.2, 0.25) is 5.91 Å². The Kier molecular flexibility index (Phi) is 8.63. The third kappa shape index (κ3) is 6.77. The van der Waals surface area contributed by atoms with E-state index in [2.05, 4.69) is 5.32 Å². The van der Waals surface area contributed by atoms with Gasteiger partial charge in [-0.15, -0.1) is 11.3 Å². The minimum atomic E-state index is -0.587. The molecule has 2 aromatic carbocycles. The third-order valence-electron chi connectivity index (χ3n) is 5.30. The fourth-order valence-corrected chi connectivity index (χ4v) is 4.39. The molecule has 3 amide bonds. The van der Waals surface area contributed by atoms with Crippen LogP contribution < -0.4 is 5.32 Å². The van der Waals surface area contributed by atoms with E-state index >= 15 is 0 Å². The standard InChI is InChI=1S/C25H26ClF2N3O2S/c1-16(2)31(25(33)29-20-8-9-22(28)21(26)12-20)15-24(32)30(14-23-17(3)10-11-34-23)13-18-4-6-19(27)7-5-18/h4-12,16H,13-15H2,1-3H3,(H,29,33). The predicted octanol–water partition coefficient (Wildman–Crippen LogP) is 6.46. The Morgan fingerprint density at radius 1 is 1.06 bits per heavy atom. The molecule has 3 aromatic rings. The van der Waals surface area contributed by atoms with Gasteiger partial charge in [-0.25, -0.2) is 13.6 Å². The molecule has 0 bridgehead atoms. The van der Waals surface area contributed by atoms with E-state index in [0.717, 1.165) is 22.1 Å². The number of hydrogen-bond donors (Lipinski definition) is 1. The zero-order chi connectivity index (χ0) is 24.8. The number of hydrogen-bond acceptors (Lipinski definition) is 3. The van der Waals surface area contributed by atoms with E-state index in [-0.39, 0.29) is 35.9 Å². The highest BCUT2D eigenvalue weighted by atomic mass is 35.5. The number of rotatable bonds is 8. The monoisotopic (exact) mass is 505 g/mol. The lowest BCUT2D eigenvalue weighted by Gasteiger charge is -2.30. The van der Waals surface area contributed by atoms with Crippen molar-refractivity contribution in [2.24, 2.45) is 0 Å². The van der Waals surface area contributed by atoms with Gasteiger partial charge in [-0.1, -0.05) is 23.7 Å². The molecule has 0 aliphatic heterocycles. The van der Waals surface area contributed by atoms with Crippen LogP contribution in [-0.2, 0) is 17.9 Å². The molecule has 1 heterocycles. The van der Waals surface area contributed by atoms with E-state index in [1.54, 1.807) is 42.2 Å². The smallest absolute Gasteiger partial charge is 0.322 e. The lowest BCUT2D eigenvalue weighted by atomic mass is 10.2. The summed E-state index contributed by atoms with van der Waals surface area (Å²) in [5.74, 6) is -1.19. The highest BCUT2D eigenvalue weighted by Crippen LogP contribution is 2.22. The van der Waals surface area contributed by atoms with Gasteiger partial charge in [0.1, 0.15) is 18.2 Å². The van der Waals surface area contributed by atoms with Crippen molar-refractivity contribution in [1.29, 1.82) is 0 Å². The molecule has 0 saturated heterocycles. The number of nitrogens with one attached hydrogen (secondary N) is 1. The fourth-order valence-electron chi connectivity index (χ4n) is 3.29. The molecule has 0 aliphatic carbocycles. The van der Waals surface area contributed by atoms with Gasteiger partial charge >= 0.3 is 6.03 Å². The lowest BCUT2D eigenvalue weighted by Crippen LogP contribution is -2.47. The van der Waals surface area contributed by atoms with E-state index in [1.165, 1.54) is 29.2 Å². The largest absolute Gasteiger partial charge is 0.332 e. The number of carbonyl (C=O) groups excluding carboxylic acids is 2. The van der Waals surface area contributed by atoms with Crippen molar-refractivity contribution in [3.05, 3.63) is 86.6 Å². The second kappa shape index (κ2) is 11.4. The Bertz CT molecular complexity index is 1150. The Balaban J connectivity index is 1.78. The maximum atomic E-state index is 13.4. The Morgan fingerprint density at radius 2 is 1.76 bits per heavy atom. The number of halogens is 3. The molecule has 180 valence electrons. The zero-order valence-corrected chi connectivity index (χ0v) is 20.7. The van der Waals surface area contributed by atoms with E-state index in [9.17, 15) is 18.4 Å². The van der Waals surface area contributed by atoms with Crippen LogP contribution in [0.1, 0.15) is 29.9 Å². The second-order valence-electron chi connectivity index (χ2n) is 8.18. The number of anilines is 1. The Labute approximate surface area is 206 Å². The van der Waals surface area contributed by atoms with Gasteiger partial charge in [0.05, 0.1) is 11.6 Å². The maximum absolute atomic E-state index is 13.4. The highest BCUT2D eigenvalue weighted by molar-refractivity contribution is 7.10. The van der Waals surface area contributed by atoms with Crippen LogP contribution >= 0.6 is 22.9 Å². The second-order valence-corrected chi connectivity index (χ2v) is 9.59. The van der Waals surface area contributed by atoms with Crippen molar-refractivity contribution in [1.82, 2.24) is 9.80 Å². The van der Waals surface area contributed by atoms with Gasteiger partial charge in [-0.05, 0) is 73.7 Å². The molecule has 0 saturated carbocycles. The number of thiophene rings is 1. The van der Waals surface area contributed by atoms with Gasteiger partial charge < -0.3 is 15.1 Å². The zero-order valence-electron chi connectivity index (χ0n) is 19.1. The number of urea groups is 1. The van der Waals surface area contributed by atoms with E-state index in [4.69, 9.17) is 11.6 Å². The summed E-state index contributed by atoms with van der Waals surface area (Å²) in [7, 11) is 0. The first-order valence-electron chi connectivity index (χ1n) is 10.7. The van der Waals surface area contributed by atoms with Crippen LogP contribution in [0.15, 0.2) is 53.9 Å². The summed E-state index contributed by atoms with van der Waals surface area (Å²) in [6.45, 7) is 6.08. The average Bonchev–Trinajstić information content (AvgIpc) is 3.19. The van der Waals surface area contributed by atoms with Crippen molar-refractivity contribution in [3.63, 3.8) is 0 Å². The summed E-state index contributed by atoms with van der Waals surface area (Å²) in [5, 5.41) is 4.53. The first kappa shape index (κ1) is 25.6. The normalized spacial score (nSPS) is 10.9. The van der Waals surface area contributed by atoms with Crippen molar-refractivity contribution in [2.45, 2.75) is 39.9 Å². The number of carbonyl (C=O) groups is 2.